The van der Waals surface area contributed by atoms with Gasteiger partial charge in [0.15, 0.2) is 0 Å². The summed E-state index contributed by atoms with van der Waals surface area (Å²) in [6.07, 6.45) is 4.38. The molecule has 1 fully saturated rings. The van der Waals surface area contributed by atoms with Crippen LogP contribution < -0.4 is 4.74 Å². The highest BCUT2D eigenvalue weighted by molar-refractivity contribution is 9.10. The van der Waals surface area contributed by atoms with E-state index in [1.807, 2.05) is 6.07 Å². The van der Waals surface area contributed by atoms with E-state index in [4.69, 9.17) is 9.47 Å². The Bertz CT molecular complexity index is 386. The maximum Gasteiger partial charge on any atom is 0.150 e. The average molecular weight is 299 g/mol. The summed E-state index contributed by atoms with van der Waals surface area (Å²) < 4.78 is 12.0. The van der Waals surface area contributed by atoms with Crippen LogP contribution in [0.25, 0.3) is 0 Å². The molecule has 0 radical (unpaired) electrons. The van der Waals surface area contributed by atoms with Gasteiger partial charge in [0.05, 0.1) is 17.2 Å². The van der Waals surface area contributed by atoms with Gasteiger partial charge in [-0.1, -0.05) is 0 Å². The Morgan fingerprint density at radius 1 is 1.53 bits per heavy atom. The molecule has 0 amide bonds. The lowest BCUT2D eigenvalue weighted by Crippen LogP contribution is -2.10. The third kappa shape index (κ3) is 3.54. The zero-order valence-electron chi connectivity index (χ0n) is 9.52. The van der Waals surface area contributed by atoms with Gasteiger partial charge in [0.1, 0.15) is 12.0 Å². The molecule has 3 nitrogen and oxygen atoms in total. The first-order chi connectivity index (χ1) is 8.29. The number of carbonyl (C=O) groups is 1. The van der Waals surface area contributed by atoms with E-state index in [0.29, 0.717) is 18.3 Å². The summed E-state index contributed by atoms with van der Waals surface area (Å²) in [6, 6.07) is 5.32. The van der Waals surface area contributed by atoms with Gasteiger partial charge in [-0.3, -0.25) is 4.79 Å². The second-order valence-corrected chi connectivity index (χ2v) is 4.93. The average Bonchev–Trinajstić information content (AvgIpc) is 2.84. The first-order valence-corrected chi connectivity index (χ1v) is 6.58. The van der Waals surface area contributed by atoms with E-state index in [1.54, 1.807) is 12.1 Å². The fourth-order valence-electron chi connectivity index (χ4n) is 1.88. The van der Waals surface area contributed by atoms with Crippen molar-refractivity contribution < 1.29 is 14.3 Å². The van der Waals surface area contributed by atoms with Gasteiger partial charge in [0, 0.05) is 18.6 Å². The Morgan fingerprint density at radius 2 is 2.41 bits per heavy atom. The van der Waals surface area contributed by atoms with Crippen LogP contribution in [-0.2, 0) is 4.74 Å². The third-order valence-corrected chi connectivity index (χ3v) is 3.43. The van der Waals surface area contributed by atoms with Crippen LogP contribution in [0.2, 0.25) is 0 Å². The van der Waals surface area contributed by atoms with Gasteiger partial charge in [-0.2, -0.15) is 0 Å². The van der Waals surface area contributed by atoms with E-state index in [0.717, 1.165) is 42.4 Å². The SMILES string of the molecule is O=Cc1ccc(OCCC2CCCO2)c(Br)c1. The summed E-state index contributed by atoms with van der Waals surface area (Å²) >= 11 is 3.39. The fraction of sp³-hybridized carbons (Fsp3) is 0.462. The molecule has 1 unspecified atom stereocenters. The highest BCUT2D eigenvalue weighted by Crippen LogP contribution is 2.26. The van der Waals surface area contributed by atoms with Gasteiger partial charge >= 0.3 is 0 Å². The molecule has 0 bridgehead atoms. The monoisotopic (exact) mass is 298 g/mol. The molecule has 1 heterocycles. The Hall–Kier alpha value is -0.870. The van der Waals surface area contributed by atoms with Gasteiger partial charge in [0.25, 0.3) is 0 Å². The quantitative estimate of drug-likeness (QED) is 0.783. The van der Waals surface area contributed by atoms with Crippen molar-refractivity contribution in [3.63, 3.8) is 0 Å². The molecule has 4 heteroatoms. The van der Waals surface area contributed by atoms with Gasteiger partial charge in [-0.05, 0) is 47.0 Å². The van der Waals surface area contributed by atoms with Crippen molar-refractivity contribution in [2.45, 2.75) is 25.4 Å². The van der Waals surface area contributed by atoms with E-state index in [1.165, 1.54) is 0 Å². The van der Waals surface area contributed by atoms with Crippen molar-refractivity contribution in [2.75, 3.05) is 13.2 Å². The number of hydrogen-bond acceptors (Lipinski definition) is 3. The summed E-state index contributed by atoms with van der Waals surface area (Å²) in [4.78, 5) is 10.6. The Morgan fingerprint density at radius 3 is 3.06 bits per heavy atom. The molecule has 1 atom stereocenters. The minimum absolute atomic E-state index is 0.350. The summed E-state index contributed by atoms with van der Waals surface area (Å²) in [6.45, 7) is 1.52. The van der Waals surface area contributed by atoms with Crippen LogP contribution in [0.4, 0.5) is 0 Å². The normalized spacial score (nSPS) is 19.2. The molecule has 1 aromatic rings. The molecule has 2 rings (SSSR count). The smallest absolute Gasteiger partial charge is 0.150 e. The molecule has 1 aliphatic heterocycles. The predicted molar refractivity (Wildman–Crippen MR) is 68.6 cm³/mol. The topological polar surface area (TPSA) is 35.5 Å². The number of benzene rings is 1. The number of carbonyl (C=O) groups excluding carboxylic acids is 1. The maximum atomic E-state index is 10.6. The Labute approximate surface area is 109 Å². The second-order valence-electron chi connectivity index (χ2n) is 4.08. The highest BCUT2D eigenvalue weighted by Gasteiger charge is 2.15. The largest absolute Gasteiger partial charge is 0.492 e. The van der Waals surface area contributed by atoms with Crippen molar-refractivity contribution in [3.05, 3.63) is 28.2 Å². The first-order valence-electron chi connectivity index (χ1n) is 5.79. The van der Waals surface area contributed by atoms with Crippen LogP contribution >= 0.6 is 15.9 Å². The molecule has 0 spiro atoms. The highest BCUT2D eigenvalue weighted by atomic mass is 79.9. The van der Waals surface area contributed by atoms with Crippen LogP contribution in [0.5, 0.6) is 5.75 Å². The summed E-state index contributed by atoms with van der Waals surface area (Å²) in [7, 11) is 0. The lowest BCUT2D eigenvalue weighted by atomic mass is 10.2. The van der Waals surface area contributed by atoms with Gasteiger partial charge < -0.3 is 9.47 Å². The number of ether oxygens (including phenoxy) is 2. The molecule has 1 aromatic carbocycles. The van der Waals surface area contributed by atoms with E-state index in [2.05, 4.69) is 15.9 Å². The van der Waals surface area contributed by atoms with Crippen LogP contribution in [0.15, 0.2) is 22.7 Å². The second kappa shape index (κ2) is 6.17. The third-order valence-electron chi connectivity index (χ3n) is 2.81. The van der Waals surface area contributed by atoms with Crippen molar-refractivity contribution in [1.82, 2.24) is 0 Å². The Kier molecular flexibility index (Phi) is 4.57. The maximum absolute atomic E-state index is 10.6. The molecule has 0 aliphatic carbocycles. The van der Waals surface area contributed by atoms with Crippen LogP contribution in [0.3, 0.4) is 0 Å². The van der Waals surface area contributed by atoms with E-state index in [9.17, 15) is 4.79 Å². The lowest BCUT2D eigenvalue weighted by Gasteiger charge is -2.11. The number of aldehydes is 1. The molecule has 17 heavy (non-hydrogen) atoms. The number of halogens is 1. The standard InChI is InChI=1S/C13H15BrO3/c14-12-8-10(9-15)3-4-13(12)17-7-5-11-2-1-6-16-11/h3-4,8-9,11H,1-2,5-7H2. The fourth-order valence-corrected chi connectivity index (χ4v) is 2.39. The zero-order chi connectivity index (χ0) is 12.1. The van der Waals surface area contributed by atoms with Crippen molar-refractivity contribution in [2.24, 2.45) is 0 Å². The van der Waals surface area contributed by atoms with Crippen molar-refractivity contribution in [3.8, 4) is 5.75 Å². The first kappa shape index (κ1) is 12.6. The van der Waals surface area contributed by atoms with E-state index < -0.39 is 0 Å². The van der Waals surface area contributed by atoms with Crippen molar-refractivity contribution in [1.29, 1.82) is 0 Å². The minimum Gasteiger partial charge on any atom is -0.492 e. The Balaban J connectivity index is 1.83. The minimum atomic E-state index is 0.350. The molecule has 1 saturated heterocycles. The summed E-state index contributed by atoms with van der Waals surface area (Å²) in [5.74, 6) is 0.772. The zero-order valence-corrected chi connectivity index (χ0v) is 11.1. The molecule has 0 saturated carbocycles. The van der Waals surface area contributed by atoms with Gasteiger partial charge in [0.2, 0.25) is 0 Å². The van der Waals surface area contributed by atoms with Gasteiger partial charge in [-0.15, -0.1) is 0 Å². The lowest BCUT2D eigenvalue weighted by molar-refractivity contribution is 0.0902. The van der Waals surface area contributed by atoms with Crippen LogP contribution in [0, 0.1) is 0 Å². The number of hydrogen-bond donors (Lipinski definition) is 0. The predicted octanol–water partition coefficient (Wildman–Crippen LogP) is 3.21. The molecule has 92 valence electrons. The summed E-state index contributed by atoms with van der Waals surface area (Å²) in [5.41, 5.74) is 0.642. The van der Waals surface area contributed by atoms with Gasteiger partial charge in [-0.25, -0.2) is 0 Å². The van der Waals surface area contributed by atoms with Crippen LogP contribution in [0.1, 0.15) is 29.6 Å². The van der Waals surface area contributed by atoms with E-state index >= 15 is 0 Å². The van der Waals surface area contributed by atoms with Crippen molar-refractivity contribution >= 4 is 22.2 Å². The van der Waals surface area contributed by atoms with Crippen LogP contribution in [-0.4, -0.2) is 25.6 Å². The molecule has 1 aliphatic rings. The molecular formula is C13H15BrO3. The molecule has 0 aromatic heterocycles. The van der Waals surface area contributed by atoms with E-state index in [-0.39, 0.29) is 0 Å². The number of rotatable bonds is 5. The molecule has 0 N–H and O–H groups in total. The summed E-state index contributed by atoms with van der Waals surface area (Å²) in [5, 5.41) is 0. The molecular weight excluding hydrogens is 284 g/mol.